The Labute approximate surface area is 236 Å². The zero-order chi connectivity index (χ0) is 28.9. The normalized spacial score (nSPS) is 17.3. The molecule has 8 heteroatoms. The summed E-state index contributed by atoms with van der Waals surface area (Å²) in [6.07, 6.45) is 1.19. The zero-order valence-electron chi connectivity index (χ0n) is 22.9. The number of non-ortho nitro benzene ring substituents is 1. The molecule has 2 aliphatic rings. The minimum absolute atomic E-state index is 0.0507. The molecule has 6 rings (SSSR count). The molecule has 0 saturated carbocycles. The molecule has 1 aliphatic heterocycles. The Morgan fingerprint density at radius 2 is 1.78 bits per heavy atom. The molecule has 1 heterocycles. The number of anilines is 1. The maximum absolute atomic E-state index is 13.7. The van der Waals surface area contributed by atoms with E-state index < -0.39 is 10.9 Å². The molecule has 0 spiro atoms. The van der Waals surface area contributed by atoms with Crippen LogP contribution in [-0.4, -0.2) is 23.8 Å². The number of carbonyl (C=O) groups excluding carboxylic acids is 2. The number of nitro benzene ring substituents is 1. The minimum Gasteiger partial charge on any atom is -0.493 e. The van der Waals surface area contributed by atoms with Gasteiger partial charge in [-0.1, -0.05) is 62.4 Å². The molecule has 8 nitrogen and oxygen atoms in total. The number of nitro groups is 1. The number of rotatable bonds is 5. The van der Waals surface area contributed by atoms with Crippen LogP contribution in [0.15, 0.2) is 90.1 Å². The first-order valence-electron chi connectivity index (χ1n) is 13.3. The zero-order valence-corrected chi connectivity index (χ0v) is 22.9. The van der Waals surface area contributed by atoms with E-state index in [0.717, 1.165) is 45.3 Å². The molecule has 4 aromatic rings. The van der Waals surface area contributed by atoms with Gasteiger partial charge in [-0.05, 0) is 46.5 Å². The molecule has 0 bridgehead atoms. The van der Waals surface area contributed by atoms with E-state index >= 15 is 0 Å². The standard InChI is InChI=1S/C33H28N2O6/c1-33(2)17-25-30(26(36)18-33)29(24-13-11-19-7-4-5-10-23(19)31(24)34-25)20-12-14-27(28(16-20)40-3)41-32(37)21-8-6-9-22(15-21)35(38)39/h4-16,29,34H,17-18H2,1-3H3. The van der Waals surface area contributed by atoms with Gasteiger partial charge in [0.25, 0.3) is 5.69 Å². The van der Waals surface area contributed by atoms with Crippen molar-refractivity contribution in [1.29, 1.82) is 0 Å². The first-order chi connectivity index (χ1) is 19.6. The lowest BCUT2D eigenvalue weighted by atomic mass is 9.68. The fourth-order valence-electron chi connectivity index (χ4n) is 5.96. The number of ether oxygens (including phenoxy) is 2. The molecule has 41 heavy (non-hydrogen) atoms. The maximum Gasteiger partial charge on any atom is 0.343 e. The Hall–Kier alpha value is -4.98. The second-order valence-electron chi connectivity index (χ2n) is 11.2. The van der Waals surface area contributed by atoms with Gasteiger partial charge in [-0.15, -0.1) is 0 Å². The molecule has 0 amide bonds. The number of benzene rings is 4. The van der Waals surface area contributed by atoms with Crippen LogP contribution in [0.3, 0.4) is 0 Å². The summed E-state index contributed by atoms with van der Waals surface area (Å²) in [5.74, 6) is -0.496. The molecule has 0 radical (unpaired) electrons. The largest absolute Gasteiger partial charge is 0.493 e. The third kappa shape index (κ3) is 4.71. The quantitative estimate of drug-likeness (QED) is 0.122. The number of esters is 1. The summed E-state index contributed by atoms with van der Waals surface area (Å²) in [5.41, 5.74) is 4.15. The Morgan fingerprint density at radius 1 is 0.976 bits per heavy atom. The summed E-state index contributed by atoms with van der Waals surface area (Å²) in [7, 11) is 1.48. The third-order valence-corrected chi connectivity index (χ3v) is 7.77. The molecule has 0 saturated heterocycles. The average Bonchev–Trinajstić information content (AvgIpc) is 2.95. The number of hydrogen-bond acceptors (Lipinski definition) is 7. The summed E-state index contributed by atoms with van der Waals surface area (Å²) < 4.78 is 11.2. The predicted octanol–water partition coefficient (Wildman–Crippen LogP) is 7.18. The van der Waals surface area contributed by atoms with Gasteiger partial charge in [0.15, 0.2) is 17.3 Å². The molecule has 4 aromatic carbocycles. The topological polar surface area (TPSA) is 108 Å². The van der Waals surface area contributed by atoms with Gasteiger partial charge in [-0.2, -0.15) is 0 Å². The summed E-state index contributed by atoms with van der Waals surface area (Å²) in [5, 5.41) is 17.0. The monoisotopic (exact) mass is 548 g/mol. The fourth-order valence-corrected chi connectivity index (χ4v) is 5.96. The number of Topliss-reactive ketones (excluding diaryl/α,β-unsaturated/α-hetero) is 1. The molecule has 1 atom stereocenters. The molecule has 1 unspecified atom stereocenters. The van der Waals surface area contributed by atoms with Crippen molar-refractivity contribution in [3.63, 3.8) is 0 Å². The lowest BCUT2D eigenvalue weighted by molar-refractivity contribution is -0.384. The summed E-state index contributed by atoms with van der Waals surface area (Å²) >= 11 is 0. The number of fused-ring (bicyclic) bond motifs is 3. The third-order valence-electron chi connectivity index (χ3n) is 7.77. The van der Waals surface area contributed by atoms with Crippen molar-refractivity contribution in [2.75, 3.05) is 12.4 Å². The maximum atomic E-state index is 13.7. The Bertz CT molecular complexity index is 1790. The van der Waals surface area contributed by atoms with Crippen molar-refractivity contribution >= 4 is 33.9 Å². The van der Waals surface area contributed by atoms with Crippen LogP contribution in [0.4, 0.5) is 11.4 Å². The molecule has 1 aliphatic carbocycles. The number of allylic oxidation sites excluding steroid dienone is 2. The number of hydrogen-bond donors (Lipinski definition) is 1. The molecular formula is C33H28N2O6. The van der Waals surface area contributed by atoms with Crippen LogP contribution in [0.2, 0.25) is 0 Å². The molecule has 1 N–H and O–H groups in total. The van der Waals surface area contributed by atoms with Gasteiger partial charge in [0.1, 0.15) is 0 Å². The highest BCUT2D eigenvalue weighted by atomic mass is 16.6. The summed E-state index contributed by atoms with van der Waals surface area (Å²) in [4.78, 5) is 37.1. The van der Waals surface area contributed by atoms with Gasteiger partial charge in [-0.25, -0.2) is 4.79 Å². The van der Waals surface area contributed by atoms with Crippen LogP contribution >= 0.6 is 0 Å². The van der Waals surface area contributed by atoms with Crippen LogP contribution in [0.25, 0.3) is 10.8 Å². The number of carbonyl (C=O) groups is 2. The average molecular weight is 549 g/mol. The predicted molar refractivity (Wildman–Crippen MR) is 156 cm³/mol. The molecule has 0 aromatic heterocycles. The summed E-state index contributed by atoms with van der Waals surface area (Å²) in [6.45, 7) is 4.22. The highest BCUT2D eigenvalue weighted by Crippen LogP contribution is 2.51. The molecule has 0 fully saturated rings. The van der Waals surface area contributed by atoms with E-state index in [1.165, 1.54) is 31.4 Å². The smallest absolute Gasteiger partial charge is 0.343 e. The lowest BCUT2D eigenvalue weighted by Gasteiger charge is -2.40. The van der Waals surface area contributed by atoms with Crippen LogP contribution in [-0.2, 0) is 4.79 Å². The number of methoxy groups -OCH3 is 1. The van der Waals surface area contributed by atoms with Crippen molar-refractivity contribution in [3.05, 3.63) is 117 Å². The summed E-state index contributed by atoms with van der Waals surface area (Å²) in [6, 6.07) is 22.9. The van der Waals surface area contributed by atoms with Gasteiger partial charge >= 0.3 is 5.97 Å². The fraction of sp³-hybridized carbons (Fsp3) is 0.212. The van der Waals surface area contributed by atoms with E-state index in [4.69, 9.17) is 9.47 Å². The van der Waals surface area contributed by atoms with E-state index in [9.17, 15) is 19.7 Å². The van der Waals surface area contributed by atoms with Crippen LogP contribution in [0.1, 0.15) is 54.1 Å². The Kier molecular flexibility index (Phi) is 6.33. The Morgan fingerprint density at radius 3 is 2.56 bits per heavy atom. The first-order valence-corrected chi connectivity index (χ1v) is 13.3. The van der Waals surface area contributed by atoms with Crippen molar-refractivity contribution in [2.45, 2.75) is 32.6 Å². The Balaban J connectivity index is 1.44. The first kappa shape index (κ1) is 26.3. The van der Waals surface area contributed by atoms with Crippen molar-refractivity contribution < 1.29 is 24.0 Å². The van der Waals surface area contributed by atoms with Crippen molar-refractivity contribution in [3.8, 4) is 11.5 Å². The van der Waals surface area contributed by atoms with Crippen molar-refractivity contribution in [1.82, 2.24) is 0 Å². The van der Waals surface area contributed by atoms with Crippen molar-refractivity contribution in [2.24, 2.45) is 5.41 Å². The highest BCUT2D eigenvalue weighted by Gasteiger charge is 2.41. The van der Waals surface area contributed by atoms with E-state index in [2.05, 4.69) is 43.4 Å². The lowest BCUT2D eigenvalue weighted by Crippen LogP contribution is -2.33. The second kappa shape index (κ2) is 9.89. The van der Waals surface area contributed by atoms with E-state index in [1.54, 1.807) is 12.1 Å². The number of nitrogens with one attached hydrogen (secondary N) is 1. The van der Waals surface area contributed by atoms with Gasteiger partial charge in [0.05, 0.1) is 23.3 Å². The van der Waals surface area contributed by atoms with Crippen LogP contribution < -0.4 is 14.8 Å². The minimum atomic E-state index is -0.742. The van der Waals surface area contributed by atoms with Crippen LogP contribution in [0, 0.1) is 15.5 Å². The number of ketones is 1. The van der Waals surface area contributed by atoms with E-state index in [1.807, 2.05) is 18.2 Å². The van der Waals surface area contributed by atoms with Gasteiger partial charge in [-0.3, -0.25) is 14.9 Å². The second-order valence-corrected chi connectivity index (χ2v) is 11.2. The van der Waals surface area contributed by atoms with Crippen LogP contribution in [0.5, 0.6) is 11.5 Å². The van der Waals surface area contributed by atoms with E-state index in [0.29, 0.717) is 12.2 Å². The van der Waals surface area contributed by atoms with Gasteiger partial charge in [0.2, 0.25) is 0 Å². The highest BCUT2D eigenvalue weighted by molar-refractivity contribution is 6.05. The van der Waals surface area contributed by atoms with Gasteiger partial charge < -0.3 is 14.8 Å². The van der Waals surface area contributed by atoms with Gasteiger partial charge in [0, 0.05) is 41.1 Å². The molecular weight excluding hydrogens is 520 g/mol. The number of nitrogens with zero attached hydrogens (tertiary/aromatic N) is 1. The SMILES string of the molecule is COc1cc(C2C3=C(CC(C)(C)CC3=O)Nc3c2ccc2ccccc32)ccc1OC(=O)c1cccc([N+](=O)[O-])c1. The molecule has 206 valence electrons. The van der Waals surface area contributed by atoms with E-state index in [-0.39, 0.29) is 34.1 Å².